The van der Waals surface area contributed by atoms with Gasteiger partial charge in [0, 0.05) is 41.6 Å². The highest BCUT2D eigenvalue weighted by Gasteiger charge is 2.23. The van der Waals surface area contributed by atoms with Crippen LogP contribution in [-0.2, 0) is 9.53 Å². The summed E-state index contributed by atoms with van der Waals surface area (Å²) in [7, 11) is 1.80. The van der Waals surface area contributed by atoms with E-state index in [1.165, 1.54) is 24.1 Å². The summed E-state index contributed by atoms with van der Waals surface area (Å²) in [5.74, 6) is -0.0321. The number of hydrogen-bond acceptors (Lipinski definition) is 6. The van der Waals surface area contributed by atoms with Gasteiger partial charge >= 0.3 is 5.97 Å². The predicted molar refractivity (Wildman–Crippen MR) is 143 cm³/mol. The number of rotatable bonds is 9. The minimum Gasteiger partial charge on any atom is -0.465 e. The number of carbonyl (C=O) groups excluding carboxylic acids is 1. The first-order chi connectivity index (χ1) is 17.0. The van der Waals surface area contributed by atoms with E-state index in [9.17, 15) is 9.18 Å². The van der Waals surface area contributed by atoms with Gasteiger partial charge in [0.15, 0.2) is 0 Å². The van der Waals surface area contributed by atoms with Crippen molar-refractivity contribution < 1.29 is 18.3 Å². The van der Waals surface area contributed by atoms with Gasteiger partial charge in [-0.15, -0.1) is 0 Å². The van der Waals surface area contributed by atoms with Crippen LogP contribution in [0.4, 0.5) is 10.1 Å². The highest BCUT2D eigenvalue weighted by molar-refractivity contribution is 8.00. The Morgan fingerprint density at radius 1 is 1.11 bits per heavy atom. The number of anilines is 1. The lowest BCUT2D eigenvalue weighted by Crippen LogP contribution is -2.25. The fourth-order valence-corrected chi connectivity index (χ4v) is 4.57. The molecular formula is C28H27FN2O3S. The van der Waals surface area contributed by atoms with E-state index in [1.54, 1.807) is 26.1 Å². The largest absolute Gasteiger partial charge is 0.465 e. The standard InChI is InChI=1S/C28H27FN2O3S/c1-5-33-26(32)17-31(35-4)24-16-25-23(15-22(24)19-9-7-6-8-10-19)27(18(2)30-3)28(34-25)20-11-13-21(29)14-12-20/h6-16,30H,2,5,17H2,1,3-4H3. The highest BCUT2D eigenvalue weighted by Crippen LogP contribution is 2.43. The molecule has 0 aliphatic carbocycles. The third kappa shape index (κ3) is 5.05. The average molecular weight is 491 g/mol. The molecule has 1 N–H and O–H groups in total. The number of nitrogens with one attached hydrogen (secondary N) is 1. The lowest BCUT2D eigenvalue weighted by molar-refractivity contribution is -0.141. The van der Waals surface area contributed by atoms with E-state index >= 15 is 0 Å². The summed E-state index contributed by atoms with van der Waals surface area (Å²) in [5, 5.41) is 3.99. The smallest absolute Gasteiger partial charge is 0.326 e. The van der Waals surface area contributed by atoms with Crippen LogP contribution in [0.15, 0.2) is 77.7 Å². The van der Waals surface area contributed by atoms with Crippen molar-refractivity contribution in [3.63, 3.8) is 0 Å². The molecule has 7 heteroatoms. The summed E-state index contributed by atoms with van der Waals surface area (Å²) in [6, 6.07) is 20.2. The Kier molecular flexibility index (Phi) is 7.46. The maximum Gasteiger partial charge on any atom is 0.326 e. The predicted octanol–water partition coefficient (Wildman–Crippen LogP) is 6.74. The second-order valence-electron chi connectivity index (χ2n) is 7.80. The fourth-order valence-electron chi connectivity index (χ4n) is 3.99. The van der Waals surface area contributed by atoms with Crippen molar-refractivity contribution in [2.24, 2.45) is 0 Å². The topological polar surface area (TPSA) is 54.7 Å². The lowest BCUT2D eigenvalue weighted by atomic mass is 9.97. The molecule has 0 unspecified atom stereocenters. The van der Waals surface area contributed by atoms with Crippen LogP contribution < -0.4 is 9.62 Å². The molecule has 4 aromatic rings. The number of ether oxygens (including phenoxy) is 1. The molecule has 1 heterocycles. The molecule has 180 valence electrons. The van der Waals surface area contributed by atoms with Gasteiger partial charge in [-0.3, -0.25) is 4.79 Å². The monoisotopic (exact) mass is 490 g/mol. The van der Waals surface area contributed by atoms with E-state index in [0.29, 0.717) is 23.6 Å². The minimum atomic E-state index is -0.318. The van der Waals surface area contributed by atoms with Crippen LogP contribution in [0, 0.1) is 5.82 Å². The van der Waals surface area contributed by atoms with Gasteiger partial charge in [0.1, 0.15) is 23.7 Å². The van der Waals surface area contributed by atoms with Crippen LogP contribution in [0.5, 0.6) is 0 Å². The van der Waals surface area contributed by atoms with Gasteiger partial charge < -0.3 is 18.8 Å². The van der Waals surface area contributed by atoms with Crippen molar-refractivity contribution in [2.75, 3.05) is 30.8 Å². The van der Waals surface area contributed by atoms with Gasteiger partial charge in [0.2, 0.25) is 0 Å². The summed E-state index contributed by atoms with van der Waals surface area (Å²) in [6.45, 7) is 6.38. The first-order valence-corrected chi connectivity index (χ1v) is 12.4. The molecule has 0 atom stereocenters. The summed E-state index contributed by atoms with van der Waals surface area (Å²) in [6.07, 6.45) is 1.92. The molecule has 0 saturated heterocycles. The lowest BCUT2D eigenvalue weighted by Gasteiger charge is -2.23. The Morgan fingerprint density at radius 3 is 2.46 bits per heavy atom. The molecule has 0 fully saturated rings. The quantitative estimate of drug-likeness (QED) is 0.207. The molecule has 3 aromatic carbocycles. The van der Waals surface area contributed by atoms with Gasteiger partial charge in [-0.1, -0.05) is 48.9 Å². The van der Waals surface area contributed by atoms with Crippen molar-refractivity contribution in [2.45, 2.75) is 6.92 Å². The Balaban J connectivity index is 1.98. The summed E-state index contributed by atoms with van der Waals surface area (Å²) in [4.78, 5) is 12.3. The van der Waals surface area contributed by atoms with Crippen molar-refractivity contribution in [1.29, 1.82) is 0 Å². The molecule has 0 spiro atoms. The Hall–Kier alpha value is -3.71. The van der Waals surface area contributed by atoms with Crippen LogP contribution in [0.25, 0.3) is 39.1 Å². The van der Waals surface area contributed by atoms with Crippen LogP contribution >= 0.6 is 11.9 Å². The molecule has 5 nitrogen and oxygen atoms in total. The van der Waals surface area contributed by atoms with Gasteiger partial charge in [-0.25, -0.2) is 4.39 Å². The van der Waals surface area contributed by atoms with E-state index in [0.717, 1.165) is 33.3 Å². The van der Waals surface area contributed by atoms with E-state index in [2.05, 4.69) is 18.0 Å². The van der Waals surface area contributed by atoms with Crippen LogP contribution in [0.3, 0.4) is 0 Å². The maximum absolute atomic E-state index is 13.6. The van der Waals surface area contributed by atoms with Gasteiger partial charge in [-0.05, 0) is 42.8 Å². The van der Waals surface area contributed by atoms with Crippen LogP contribution in [-0.4, -0.2) is 32.4 Å². The first kappa shape index (κ1) is 24.4. The molecule has 0 aliphatic heterocycles. The zero-order valence-corrected chi connectivity index (χ0v) is 20.7. The number of benzene rings is 3. The number of halogens is 1. The minimum absolute atomic E-state index is 0.0853. The van der Waals surface area contributed by atoms with E-state index in [1.807, 2.05) is 47.0 Å². The summed E-state index contributed by atoms with van der Waals surface area (Å²) in [5.41, 5.74) is 5.62. The molecule has 4 rings (SSSR count). The van der Waals surface area contributed by atoms with E-state index in [4.69, 9.17) is 9.15 Å². The Morgan fingerprint density at radius 2 is 1.83 bits per heavy atom. The molecule has 0 saturated carbocycles. The molecule has 35 heavy (non-hydrogen) atoms. The van der Waals surface area contributed by atoms with Crippen molar-refractivity contribution in [3.8, 4) is 22.5 Å². The van der Waals surface area contributed by atoms with Crippen molar-refractivity contribution >= 4 is 40.3 Å². The second kappa shape index (κ2) is 10.7. The Bertz CT molecular complexity index is 1350. The third-order valence-corrected chi connectivity index (χ3v) is 6.43. The van der Waals surface area contributed by atoms with E-state index < -0.39 is 0 Å². The van der Waals surface area contributed by atoms with E-state index in [-0.39, 0.29) is 18.3 Å². The highest BCUT2D eigenvalue weighted by atomic mass is 32.2. The molecule has 0 radical (unpaired) electrons. The number of furan rings is 1. The van der Waals surface area contributed by atoms with Gasteiger partial charge in [-0.2, -0.15) is 0 Å². The molecule has 1 aromatic heterocycles. The number of carbonyl (C=O) groups is 1. The maximum atomic E-state index is 13.6. The van der Waals surface area contributed by atoms with Crippen LogP contribution in [0.1, 0.15) is 12.5 Å². The number of nitrogens with zero attached hydrogens (tertiary/aromatic N) is 1. The number of fused-ring (bicyclic) bond motifs is 1. The van der Waals surface area contributed by atoms with Crippen LogP contribution in [0.2, 0.25) is 0 Å². The SMILES string of the molecule is C=C(NC)c1c(-c2ccc(F)cc2)oc2cc(N(CC(=O)OCC)SC)c(-c3ccccc3)cc12. The molecular weight excluding hydrogens is 463 g/mol. The van der Waals surface area contributed by atoms with Gasteiger partial charge in [0.25, 0.3) is 0 Å². The average Bonchev–Trinajstić information content (AvgIpc) is 3.25. The zero-order chi connectivity index (χ0) is 24.9. The second-order valence-corrected chi connectivity index (χ2v) is 8.60. The normalized spacial score (nSPS) is 10.9. The summed E-state index contributed by atoms with van der Waals surface area (Å²) < 4.78 is 27.1. The summed E-state index contributed by atoms with van der Waals surface area (Å²) >= 11 is 1.43. The van der Waals surface area contributed by atoms with Crippen molar-refractivity contribution in [3.05, 3.63) is 84.7 Å². The molecule has 0 amide bonds. The zero-order valence-electron chi connectivity index (χ0n) is 19.9. The number of hydrogen-bond donors (Lipinski definition) is 1. The van der Waals surface area contributed by atoms with Gasteiger partial charge in [0.05, 0.1) is 17.9 Å². The fraction of sp³-hybridized carbons (Fsp3) is 0.179. The number of esters is 1. The molecule has 0 aliphatic rings. The third-order valence-electron chi connectivity index (χ3n) is 5.67. The molecule has 0 bridgehead atoms. The first-order valence-electron chi connectivity index (χ1n) is 11.2. The Labute approximate surface area is 208 Å². The van der Waals surface area contributed by atoms with Crippen molar-refractivity contribution in [1.82, 2.24) is 5.32 Å².